The highest BCUT2D eigenvalue weighted by atomic mass is 15.2. The zero-order valence-corrected chi connectivity index (χ0v) is 13.1. The Morgan fingerprint density at radius 1 is 1.10 bits per heavy atom. The van der Waals surface area contributed by atoms with Gasteiger partial charge in [0, 0.05) is 19.1 Å². The Labute approximate surface area is 129 Å². The summed E-state index contributed by atoms with van der Waals surface area (Å²) in [6.07, 6.45) is 5.36. The summed E-state index contributed by atoms with van der Waals surface area (Å²) >= 11 is 0. The average molecular weight is 287 g/mol. The standard InChI is InChI=1S/C18H29N3/c1-2-5-17(6-3-1)14-21-12-4-7-18(15-21)20-13-16-8-10-19-11-9-16/h1-3,5-6,16,18-20H,4,7-15H2. The zero-order chi connectivity index (χ0) is 14.3. The highest BCUT2D eigenvalue weighted by Crippen LogP contribution is 2.15. The maximum Gasteiger partial charge on any atom is 0.0234 e. The molecule has 2 saturated heterocycles. The molecule has 1 aromatic rings. The van der Waals surface area contributed by atoms with Crippen LogP contribution in [-0.4, -0.2) is 43.7 Å². The van der Waals surface area contributed by atoms with E-state index in [4.69, 9.17) is 0 Å². The monoisotopic (exact) mass is 287 g/mol. The largest absolute Gasteiger partial charge is 0.317 e. The predicted octanol–water partition coefficient (Wildman–Crippen LogP) is 2.24. The molecule has 0 radical (unpaired) electrons. The molecule has 0 saturated carbocycles. The molecular weight excluding hydrogens is 258 g/mol. The van der Waals surface area contributed by atoms with Crippen molar-refractivity contribution in [2.24, 2.45) is 5.92 Å². The van der Waals surface area contributed by atoms with Crippen molar-refractivity contribution < 1.29 is 0 Å². The van der Waals surface area contributed by atoms with E-state index in [9.17, 15) is 0 Å². The fourth-order valence-electron chi connectivity index (χ4n) is 3.63. The quantitative estimate of drug-likeness (QED) is 0.870. The normalized spacial score (nSPS) is 25.0. The molecule has 3 heteroatoms. The fourth-order valence-corrected chi connectivity index (χ4v) is 3.63. The van der Waals surface area contributed by atoms with E-state index < -0.39 is 0 Å². The minimum Gasteiger partial charge on any atom is -0.317 e. The van der Waals surface area contributed by atoms with Gasteiger partial charge in [-0.1, -0.05) is 30.3 Å². The summed E-state index contributed by atoms with van der Waals surface area (Å²) in [4.78, 5) is 2.61. The van der Waals surface area contributed by atoms with Crippen LogP contribution in [-0.2, 0) is 6.54 Å². The Balaban J connectivity index is 1.42. The molecule has 2 heterocycles. The van der Waals surface area contributed by atoms with Crippen molar-refractivity contribution >= 4 is 0 Å². The van der Waals surface area contributed by atoms with Gasteiger partial charge in [0.05, 0.1) is 0 Å². The number of nitrogens with zero attached hydrogens (tertiary/aromatic N) is 1. The van der Waals surface area contributed by atoms with Crippen molar-refractivity contribution in [1.82, 2.24) is 15.5 Å². The van der Waals surface area contributed by atoms with Gasteiger partial charge in [-0.2, -0.15) is 0 Å². The molecule has 0 aliphatic carbocycles. The smallest absolute Gasteiger partial charge is 0.0234 e. The number of hydrogen-bond donors (Lipinski definition) is 2. The van der Waals surface area contributed by atoms with Gasteiger partial charge in [-0.05, 0) is 63.3 Å². The van der Waals surface area contributed by atoms with Crippen molar-refractivity contribution in [2.45, 2.75) is 38.3 Å². The molecule has 1 aromatic carbocycles. The van der Waals surface area contributed by atoms with Crippen LogP contribution in [0.1, 0.15) is 31.2 Å². The lowest BCUT2D eigenvalue weighted by molar-refractivity contribution is 0.177. The zero-order valence-electron chi connectivity index (χ0n) is 13.1. The van der Waals surface area contributed by atoms with Crippen molar-refractivity contribution in [1.29, 1.82) is 0 Å². The number of benzene rings is 1. The summed E-state index contributed by atoms with van der Waals surface area (Å²) in [5.74, 6) is 0.885. The summed E-state index contributed by atoms with van der Waals surface area (Å²) < 4.78 is 0. The maximum atomic E-state index is 3.84. The van der Waals surface area contributed by atoms with E-state index in [0.717, 1.165) is 12.5 Å². The van der Waals surface area contributed by atoms with E-state index in [2.05, 4.69) is 45.9 Å². The molecule has 3 rings (SSSR count). The third-order valence-corrected chi connectivity index (χ3v) is 4.91. The van der Waals surface area contributed by atoms with Gasteiger partial charge in [-0.25, -0.2) is 0 Å². The number of likely N-dealkylation sites (tertiary alicyclic amines) is 1. The molecule has 0 amide bonds. The van der Waals surface area contributed by atoms with E-state index in [1.165, 1.54) is 64.0 Å². The maximum absolute atomic E-state index is 3.84. The van der Waals surface area contributed by atoms with Crippen LogP contribution >= 0.6 is 0 Å². The third-order valence-electron chi connectivity index (χ3n) is 4.91. The molecular formula is C18H29N3. The first-order valence-corrected chi connectivity index (χ1v) is 8.60. The van der Waals surface area contributed by atoms with Gasteiger partial charge in [0.1, 0.15) is 0 Å². The summed E-state index contributed by atoms with van der Waals surface area (Å²) in [6, 6.07) is 11.6. The molecule has 2 N–H and O–H groups in total. The van der Waals surface area contributed by atoms with E-state index in [-0.39, 0.29) is 0 Å². The van der Waals surface area contributed by atoms with Gasteiger partial charge in [0.2, 0.25) is 0 Å². The average Bonchev–Trinajstić information content (AvgIpc) is 2.55. The van der Waals surface area contributed by atoms with E-state index in [0.29, 0.717) is 6.04 Å². The Bertz CT molecular complexity index is 400. The fraction of sp³-hybridized carbons (Fsp3) is 0.667. The first kappa shape index (κ1) is 15.0. The third kappa shape index (κ3) is 4.80. The summed E-state index contributed by atoms with van der Waals surface area (Å²) in [7, 11) is 0. The lowest BCUT2D eigenvalue weighted by Gasteiger charge is -2.34. The molecule has 0 aromatic heterocycles. The van der Waals surface area contributed by atoms with Gasteiger partial charge in [0.15, 0.2) is 0 Å². The van der Waals surface area contributed by atoms with Gasteiger partial charge < -0.3 is 10.6 Å². The molecule has 0 bridgehead atoms. The second-order valence-corrected chi connectivity index (χ2v) is 6.66. The number of piperidine rings is 2. The highest BCUT2D eigenvalue weighted by molar-refractivity contribution is 5.14. The molecule has 1 atom stereocenters. The van der Waals surface area contributed by atoms with Gasteiger partial charge in [0.25, 0.3) is 0 Å². The van der Waals surface area contributed by atoms with E-state index in [1.54, 1.807) is 0 Å². The topological polar surface area (TPSA) is 27.3 Å². The Morgan fingerprint density at radius 2 is 1.90 bits per heavy atom. The molecule has 1 unspecified atom stereocenters. The predicted molar refractivity (Wildman–Crippen MR) is 88.3 cm³/mol. The molecule has 2 fully saturated rings. The molecule has 0 spiro atoms. The van der Waals surface area contributed by atoms with E-state index in [1.807, 2.05) is 0 Å². The molecule has 21 heavy (non-hydrogen) atoms. The second-order valence-electron chi connectivity index (χ2n) is 6.66. The Hall–Kier alpha value is -0.900. The van der Waals surface area contributed by atoms with Gasteiger partial charge >= 0.3 is 0 Å². The summed E-state index contributed by atoms with van der Waals surface area (Å²) in [5.41, 5.74) is 1.44. The van der Waals surface area contributed by atoms with Gasteiger partial charge in [-0.15, -0.1) is 0 Å². The molecule has 3 nitrogen and oxygen atoms in total. The van der Waals surface area contributed by atoms with Crippen LogP contribution in [0.4, 0.5) is 0 Å². The Kier molecular flexibility index (Phi) is 5.67. The van der Waals surface area contributed by atoms with Crippen LogP contribution in [0.15, 0.2) is 30.3 Å². The van der Waals surface area contributed by atoms with Crippen LogP contribution < -0.4 is 10.6 Å². The van der Waals surface area contributed by atoms with Crippen LogP contribution in [0.3, 0.4) is 0 Å². The minimum atomic E-state index is 0.692. The SMILES string of the molecule is c1ccc(CN2CCCC(NCC3CCNCC3)C2)cc1. The Morgan fingerprint density at radius 3 is 2.71 bits per heavy atom. The summed E-state index contributed by atoms with van der Waals surface area (Å²) in [6.45, 7) is 7.19. The lowest BCUT2D eigenvalue weighted by atomic mass is 9.97. The van der Waals surface area contributed by atoms with E-state index >= 15 is 0 Å². The second kappa shape index (κ2) is 7.92. The van der Waals surface area contributed by atoms with Crippen LogP contribution in [0.25, 0.3) is 0 Å². The number of rotatable bonds is 5. The van der Waals surface area contributed by atoms with Crippen LogP contribution in [0.5, 0.6) is 0 Å². The highest BCUT2D eigenvalue weighted by Gasteiger charge is 2.21. The van der Waals surface area contributed by atoms with Crippen LogP contribution in [0, 0.1) is 5.92 Å². The first-order valence-electron chi connectivity index (χ1n) is 8.60. The number of nitrogens with one attached hydrogen (secondary N) is 2. The van der Waals surface area contributed by atoms with Crippen molar-refractivity contribution in [3.05, 3.63) is 35.9 Å². The lowest BCUT2D eigenvalue weighted by Crippen LogP contribution is -2.47. The van der Waals surface area contributed by atoms with Crippen molar-refractivity contribution in [3.8, 4) is 0 Å². The summed E-state index contributed by atoms with van der Waals surface area (Å²) in [5, 5.41) is 7.29. The molecule has 116 valence electrons. The number of hydrogen-bond acceptors (Lipinski definition) is 3. The minimum absolute atomic E-state index is 0.692. The van der Waals surface area contributed by atoms with Crippen molar-refractivity contribution in [3.63, 3.8) is 0 Å². The van der Waals surface area contributed by atoms with Crippen LogP contribution in [0.2, 0.25) is 0 Å². The molecule has 2 aliphatic heterocycles. The van der Waals surface area contributed by atoms with Crippen molar-refractivity contribution in [2.75, 3.05) is 32.7 Å². The first-order chi connectivity index (χ1) is 10.4. The van der Waals surface area contributed by atoms with Gasteiger partial charge in [-0.3, -0.25) is 4.90 Å². The molecule has 2 aliphatic rings.